The Kier molecular flexibility index (Phi) is 6.78. The minimum Gasteiger partial charge on any atom is -0.378 e. The number of carbonyl (C=O) groups is 1. The van der Waals surface area contributed by atoms with Crippen molar-refractivity contribution < 1.29 is 9.53 Å². The van der Waals surface area contributed by atoms with Crippen molar-refractivity contribution in [3.05, 3.63) is 30.3 Å². The molecule has 26 heavy (non-hydrogen) atoms. The number of benzene rings is 1. The number of hydrogen-bond acceptors (Lipinski definition) is 3. The molecular weight excluding hydrogens is 326 g/mol. The van der Waals surface area contributed by atoms with Crippen LogP contribution in [0.4, 0.5) is 10.5 Å². The Labute approximate surface area is 157 Å². The molecule has 2 aliphatic rings. The summed E-state index contributed by atoms with van der Waals surface area (Å²) < 4.78 is 5.91. The van der Waals surface area contributed by atoms with Crippen molar-refractivity contribution in [1.29, 1.82) is 0 Å². The van der Waals surface area contributed by atoms with Gasteiger partial charge in [-0.15, -0.1) is 0 Å². The molecule has 0 aliphatic carbocycles. The van der Waals surface area contributed by atoms with Gasteiger partial charge in [0.1, 0.15) is 0 Å². The normalized spacial score (nSPS) is 19.8. The Balaban J connectivity index is 1.37. The van der Waals surface area contributed by atoms with Gasteiger partial charge in [0, 0.05) is 44.5 Å². The van der Waals surface area contributed by atoms with Crippen molar-refractivity contribution in [2.75, 3.05) is 37.7 Å². The summed E-state index contributed by atoms with van der Waals surface area (Å²) in [6, 6.07) is 10.9. The highest BCUT2D eigenvalue weighted by molar-refractivity contribution is 5.74. The Morgan fingerprint density at radius 1 is 1.08 bits per heavy atom. The van der Waals surface area contributed by atoms with Crippen molar-refractivity contribution in [3.8, 4) is 0 Å². The van der Waals surface area contributed by atoms with Gasteiger partial charge in [-0.1, -0.05) is 32.0 Å². The first-order valence-corrected chi connectivity index (χ1v) is 10.1. The number of anilines is 1. The smallest absolute Gasteiger partial charge is 0.317 e. The number of nitrogens with one attached hydrogen (secondary N) is 1. The van der Waals surface area contributed by atoms with Crippen LogP contribution in [0.1, 0.15) is 39.5 Å². The third-order valence-corrected chi connectivity index (χ3v) is 5.34. The van der Waals surface area contributed by atoms with Crippen molar-refractivity contribution in [2.24, 2.45) is 5.92 Å². The third-order valence-electron chi connectivity index (χ3n) is 5.34. The van der Waals surface area contributed by atoms with E-state index in [1.54, 1.807) is 0 Å². The van der Waals surface area contributed by atoms with Gasteiger partial charge in [-0.2, -0.15) is 0 Å². The Hall–Kier alpha value is -1.75. The fourth-order valence-corrected chi connectivity index (χ4v) is 3.74. The lowest BCUT2D eigenvalue weighted by molar-refractivity contribution is 0.00192. The molecule has 1 N–H and O–H groups in total. The molecule has 0 bridgehead atoms. The lowest BCUT2D eigenvalue weighted by Crippen LogP contribution is -2.51. The van der Waals surface area contributed by atoms with Crippen LogP contribution in [0.3, 0.4) is 0 Å². The molecular formula is C21H33N3O2. The van der Waals surface area contributed by atoms with Crippen LogP contribution in [0, 0.1) is 5.92 Å². The molecule has 2 amide bonds. The van der Waals surface area contributed by atoms with Crippen LogP contribution in [0.2, 0.25) is 0 Å². The molecule has 2 aliphatic heterocycles. The molecule has 2 saturated heterocycles. The molecule has 0 spiro atoms. The van der Waals surface area contributed by atoms with Gasteiger partial charge >= 0.3 is 6.03 Å². The Bertz CT molecular complexity index is 548. The number of para-hydroxylation sites is 1. The minimum atomic E-state index is 0.102. The van der Waals surface area contributed by atoms with Crippen molar-refractivity contribution in [2.45, 2.75) is 51.7 Å². The van der Waals surface area contributed by atoms with E-state index in [2.05, 4.69) is 48.3 Å². The number of carbonyl (C=O) groups excluding carboxylic acids is 1. The quantitative estimate of drug-likeness (QED) is 0.875. The lowest BCUT2D eigenvalue weighted by Gasteiger charge is -2.36. The molecule has 2 fully saturated rings. The second-order valence-corrected chi connectivity index (χ2v) is 7.96. The topological polar surface area (TPSA) is 44.8 Å². The van der Waals surface area contributed by atoms with E-state index in [0.717, 1.165) is 58.5 Å². The monoisotopic (exact) mass is 359 g/mol. The van der Waals surface area contributed by atoms with Gasteiger partial charge in [-0.3, -0.25) is 0 Å². The first kappa shape index (κ1) is 19.0. The highest BCUT2D eigenvalue weighted by Crippen LogP contribution is 2.20. The van der Waals surface area contributed by atoms with Crippen LogP contribution in [-0.4, -0.2) is 55.9 Å². The zero-order valence-corrected chi connectivity index (χ0v) is 16.2. The summed E-state index contributed by atoms with van der Waals surface area (Å²) in [6.45, 7) is 8.77. The maximum absolute atomic E-state index is 12.6. The van der Waals surface area contributed by atoms with E-state index in [1.165, 1.54) is 5.69 Å². The molecule has 5 heteroatoms. The average Bonchev–Trinajstić information content (AvgIpc) is 2.68. The molecule has 144 valence electrons. The highest BCUT2D eigenvalue weighted by Gasteiger charge is 2.26. The molecule has 0 saturated carbocycles. The SMILES string of the molecule is CC(C)COC1CCN(C(=O)NC2CCN(c3ccccc3)CC2)CC1. The molecule has 5 nitrogen and oxygen atoms in total. The van der Waals surface area contributed by atoms with Crippen LogP contribution < -0.4 is 10.2 Å². The van der Waals surface area contributed by atoms with Crippen LogP contribution in [0.25, 0.3) is 0 Å². The van der Waals surface area contributed by atoms with Gasteiger partial charge in [0.25, 0.3) is 0 Å². The molecule has 2 heterocycles. The van der Waals surface area contributed by atoms with Crippen LogP contribution >= 0.6 is 0 Å². The number of hydrogen-bond donors (Lipinski definition) is 1. The van der Waals surface area contributed by atoms with Crippen molar-refractivity contribution in [1.82, 2.24) is 10.2 Å². The van der Waals surface area contributed by atoms with Gasteiger partial charge < -0.3 is 19.9 Å². The Morgan fingerprint density at radius 3 is 2.35 bits per heavy atom. The molecule has 0 atom stereocenters. The van der Waals surface area contributed by atoms with Crippen LogP contribution in [0.15, 0.2) is 30.3 Å². The predicted molar refractivity (Wildman–Crippen MR) is 106 cm³/mol. The maximum Gasteiger partial charge on any atom is 0.317 e. The first-order valence-electron chi connectivity index (χ1n) is 10.1. The van der Waals surface area contributed by atoms with Crippen molar-refractivity contribution in [3.63, 3.8) is 0 Å². The highest BCUT2D eigenvalue weighted by atomic mass is 16.5. The molecule has 0 radical (unpaired) electrons. The van der Waals surface area contributed by atoms with E-state index in [4.69, 9.17) is 4.74 Å². The summed E-state index contributed by atoms with van der Waals surface area (Å²) in [4.78, 5) is 16.9. The molecule has 1 aromatic rings. The van der Waals surface area contributed by atoms with Gasteiger partial charge in [0.05, 0.1) is 6.10 Å². The standard InChI is InChI=1S/C21H33N3O2/c1-17(2)16-26-20-10-14-24(15-11-20)21(25)22-18-8-12-23(13-9-18)19-6-4-3-5-7-19/h3-7,17-18,20H,8-16H2,1-2H3,(H,22,25). The van der Waals surface area contributed by atoms with E-state index in [-0.39, 0.29) is 12.1 Å². The number of likely N-dealkylation sites (tertiary alicyclic amines) is 1. The zero-order valence-electron chi connectivity index (χ0n) is 16.2. The third kappa shape index (κ3) is 5.37. The number of amides is 2. The van der Waals surface area contributed by atoms with Crippen molar-refractivity contribution >= 4 is 11.7 Å². The molecule has 0 unspecified atom stereocenters. The lowest BCUT2D eigenvalue weighted by atomic mass is 10.0. The summed E-state index contributed by atoms with van der Waals surface area (Å²) in [7, 11) is 0. The number of urea groups is 1. The molecule has 0 aromatic heterocycles. The summed E-state index contributed by atoms with van der Waals surface area (Å²) in [5.74, 6) is 0.568. The summed E-state index contributed by atoms with van der Waals surface area (Å²) in [6.07, 6.45) is 4.23. The van der Waals surface area contributed by atoms with Crippen LogP contribution in [-0.2, 0) is 4.74 Å². The van der Waals surface area contributed by atoms with Gasteiger partial charge in [0.2, 0.25) is 0 Å². The van der Waals surface area contributed by atoms with Crippen LogP contribution in [0.5, 0.6) is 0 Å². The molecule has 1 aromatic carbocycles. The molecule has 3 rings (SSSR count). The Morgan fingerprint density at radius 2 is 1.73 bits per heavy atom. The van der Waals surface area contributed by atoms with E-state index >= 15 is 0 Å². The fourth-order valence-electron chi connectivity index (χ4n) is 3.74. The number of piperidine rings is 2. The number of ether oxygens (including phenoxy) is 1. The summed E-state index contributed by atoms with van der Waals surface area (Å²) in [5, 5.41) is 3.25. The second-order valence-electron chi connectivity index (χ2n) is 7.96. The average molecular weight is 360 g/mol. The van der Waals surface area contributed by atoms with E-state index in [0.29, 0.717) is 12.0 Å². The maximum atomic E-state index is 12.6. The zero-order chi connectivity index (χ0) is 18.4. The van der Waals surface area contributed by atoms with Gasteiger partial charge in [0.15, 0.2) is 0 Å². The number of nitrogens with zero attached hydrogens (tertiary/aromatic N) is 2. The summed E-state index contributed by atoms with van der Waals surface area (Å²) >= 11 is 0. The minimum absolute atomic E-state index is 0.102. The van der Waals surface area contributed by atoms with E-state index in [9.17, 15) is 4.79 Å². The van der Waals surface area contributed by atoms with E-state index in [1.807, 2.05) is 11.0 Å². The van der Waals surface area contributed by atoms with E-state index < -0.39 is 0 Å². The van der Waals surface area contributed by atoms with Gasteiger partial charge in [-0.25, -0.2) is 4.79 Å². The second kappa shape index (κ2) is 9.26. The largest absolute Gasteiger partial charge is 0.378 e. The number of rotatable bonds is 5. The first-order chi connectivity index (χ1) is 12.6. The summed E-state index contributed by atoms with van der Waals surface area (Å²) in [5.41, 5.74) is 1.28. The predicted octanol–water partition coefficient (Wildman–Crippen LogP) is 3.50. The van der Waals surface area contributed by atoms with Gasteiger partial charge in [-0.05, 0) is 43.7 Å². The fraction of sp³-hybridized carbons (Fsp3) is 0.667.